The lowest BCUT2D eigenvalue weighted by molar-refractivity contribution is -0.0728. The van der Waals surface area contributed by atoms with Gasteiger partial charge in [0.05, 0.1) is 5.60 Å². The smallest absolute Gasteiger partial charge is 0.0685 e. The van der Waals surface area contributed by atoms with E-state index in [1.54, 1.807) is 0 Å². The molecule has 11 heavy (non-hydrogen) atoms. The fourth-order valence-electron chi connectivity index (χ4n) is 1.63. The van der Waals surface area contributed by atoms with Crippen LogP contribution >= 0.6 is 0 Å². The van der Waals surface area contributed by atoms with Crippen molar-refractivity contribution in [1.29, 1.82) is 0 Å². The van der Waals surface area contributed by atoms with E-state index >= 15 is 0 Å². The molecule has 1 aliphatic rings. The molecule has 0 spiro atoms. The largest absolute Gasteiger partial charge is 0.390 e. The van der Waals surface area contributed by atoms with Crippen LogP contribution in [-0.4, -0.2) is 17.3 Å². The minimum Gasteiger partial charge on any atom is -0.390 e. The Balaban J connectivity index is 2.49. The van der Waals surface area contributed by atoms with E-state index < -0.39 is 5.60 Å². The summed E-state index contributed by atoms with van der Waals surface area (Å²) in [7, 11) is 0. The van der Waals surface area contributed by atoms with Gasteiger partial charge >= 0.3 is 0 Å². The molecule has 2 atom stereocenters. The summed E-state index contributed by atoms with van der Waals surface area (Å²) in [4.78, 5) is 0. The lowest BCUT2D eigenvalue weighted by Crippen LogP contribution is -2.46. The summed E-state index contributed by atoms with van der Waals surface area (Å²) in [6.45, 7) is 4.54. The van der Waals surface area contributed by atoms with Crippen molar-refractivity contribution in [1.82, 2.24) is 0 Å². The molecule has 66 valence electrons. The summed E-state index contributed by atoms with van der Waals surface area (Å²) in [6, 6.07) is 0. The number of hydrogen-bond donors (Lipinski definition) is 2. The maximum atomic E-state index is 10.0. The molecular weight excluding hydrogens is 138 g/mol. The number of nitrogens with two attached hydrogens (primary N) is 1. The van der Waals surface area contributed by atoms with Gasteiger partial charge in [0, 0.05) is 0 Å². The van der Waals surface area contributed by atoms with Crippen LogP contribution in [0.1, 0.15) is 33.1 Å². The first kappa shape index (κ1) is 9.01. The lowest BCUT2D eigenvalue weighted by Gasteiger charge is -2.42. The van der Waals surface area contributed by atoms with E-state index in [-0.39, 0.29) is 5.92 Å². The first-order valence-electron chi connectivity index (χ1n) is 4.51. The van der Waals surface area contributed by atoms with Gasteiger partial charge in [0.2, 0.25) is 0 Å². The zero-order chi connectivity index (χ0) is 8.48. The Kier molecular flexibility index (Phi) is 2.55. The number of rotatable bonds is 3. The predicted octanol–water partition coefficient (Wildman–Crippen LogP) is 1.13. The highest BCUT2D eigenvalue weighted by Gasteiger charge is 2.39. The van der Waals surface area contributed by atoms with Crippen LogP contribution in [0.25, 0.3) is 0 Å². The summed E-state index contributed by atoms with van der Waals surface area (Å²) in [5.41, 5.74) is 4.99. The zero-order valence-electron chi connectivity index (χ0n) is 7.51. The van der Waals surface area contributed by atoms with Gasteiger partial charge in [0.15, 0.2) is 0 Å². The summed E-state index contributed by atoms with van der Waals surface area (Å²) in [5.74, 6) is 0.730. The number of aliphatic hydroxyl groups is 1. The first-order chi connectivity index (χ1) is 5.09. The average molecular weight is 157 g/mol. The molecule has 0 aromatic heterocycles. The summed E-state index contributed by atoms with van der Waals surface area (Å²) < 4.78 is 0. The van der Waals surface area contributed by atoms with Gasteiger partial charge < -0.3 is 10.8 Å². The molecule has 0 heterocycles. The molecule has 1 saturated carbocycles. The van der Waals surface area contributed by atoms with E-state index in [1.165, 1.54) is 19.3 Å². The van der Waals surface area contributed by atoms with Crippen LogP contribution < -0.4 is 5.73 Å². The molecule has 0 bridgehead atoms. The third-order valence-corrected chi connectivity index (χ3v) is 3.28. The second kappa shape index (κ2) is 3.11. The molecule has 2 nitrogen and oxygen atoms in total. The topological polar surface area (TPSA) is 46.2 Å². The normalized spacial score (nSPS) is 27.3. The lowest BCUT2D eigenvalue weighted by atomic mass is 9.68. The van der Waals surface area contributed by atoms with E-state index in [2.05, 4.69) is 0 Å². The predicted molar refractivity (Wildman–Crippen MR) is 46.2 cm³/mol. The van der Waals surface area contributed by atoms with Crippen molar-refractivity contribution < 1.29 is 5.11 Å². The molecule has 0 amide bonds. The van der Waals surface area contributed by atoms with Crippen molar-refractivity contribution in [3.05, 3.63) is 0 Å². The van der Waals surface area contributed by atoms with Crippen LogP contribution in [-0.2, 0) is 0 Å². The standard InChI is InChI=1S/C9H19NO/c1-7(6-10)9(2,11)8-4-3-5-8/h7-8,11H,3-6,10H2,1-2H3. The third-order valence-electron chi connectivity index (χ3n) is 3.28. The van der Waals surface area contributed by atoms with Crippen molar-refractivity contribution in [2.45, 2.75) is 38.7 Å². The minimum atomic E-state index is -0.521. The van der Waals surface area contributed by atoms with Crippen molar-refractivity contribution >= 4 is 0 Å². The Morgan fingerprint density at radius 3 is 2.45 bits per heavy atom. The molecule has 0 radical (unpaired) electrons. The molecule has 2 unspecified atom stereocenters. The maximum Gasteiger partial charge on any atom is 0.0685 e. The summed E-state index contributed by atoms with van der Waals surface area (Å²) >= 11 is 0. The molecule has 0 aromatic carbocycles. The molecule has 1 aliphatic carbocycles. The zero-order valence-corrected chi connectivity index (χ0v) is 7.51. The Morgan fingerprint density at radius 2 is 2.18 bits per heavy atom. The van der Waals surface area contributed by atoms with Gasteiger partial charge in [-0.05, 0) is 38.1 Å². The van der Waals surface area contributed by atoms with Crippen molar-refractivity contribution in [3.63, 3.8) is 0 Å². The molecule has 0 aliphatic heterocycles. The molecule has 1 rings (SSSR count). The fourth-order valence-corrected chi connectivity index (χ4v) is 1.63. The fraction of sp³-hybridized carbons (Fsp3) is 1.00. The van der Waals surface area contributed by atoms with E-state index in [4.69, 9.17) is 5.73 Å². The van der Waals surface area contributed by atoms with Crippen molar-refractivity contribution in [3.8, 4) is 0 Å². The van der Waals surface area contributed by atoms with Crippen LogP contribution in [0, 0.1) is 11.8 Å². The third kappa shape index (κ3) is 1.57. The van der Waals surface area contributed by atoms with Crippen LogP contribution in [0.5, 0.6) is 0 Å². The van der Waals surface area contributed by atoms with Gasteiger partial charge in [-0.3, -0.25) is 0 Å². The second-order valence-electron chi connectivity index (χ2n) is 3.99. The van der Waals surface area contributed by atoms with Crippen LogP contribution in [0.4, 0.5) is 0 Å². The van der Waals surface area contributed by atoms with Crippen molar-refractivity contribution in [2.75, 3.05) is 6.54 Å². The van der Waals surface area contributed by atoms with E-state index in [1.807, 2.05) is 13.8 Å². The highest BCUT2D eigenvalue weighted by molar-refractivity contribution is 4.91. The highest BCUT2D eigenvalue weighted by atomic mass is 16.3. The van der Waals surface area contributed by atoms with Crippen molar-refractivity contribution in [2.24, 2.45) is 17.6 Å². The summed E-state index contributed by atoms with van der Waals surface area (Å²) in [6.07, 6.45) is 3.63. The van der Waals surface area contributed by atoms with Gasteiger partial charge in [0.1, 0.15) is 0 Å². The Bertz CT molecular complexity index is 123. The van der Waals surface area contributed by atoms with Crippen LogP contribution in [0.3, 0.4) is 0 Å². The minimum absolute atomic E-state index is 0.229. The molecule has 2 heteroatoms. The maximum absolute atomic E-state index is 10.0. The van der Waals surface area contributed by atoms with Gasteiger partial charge in [-0.1, -0.05) is 13.3 Å². The monoisotopic (exact) mass is 157 g/mol. The average Bonchev–Trinajstić information content (AvgIpc) is 1.81. The van der Waals surface area contributed by atoms with Gasteiger partial charge in [-0.25, -0.2) is 0 Å². The highest BCUT2D eigenvalue weighted by Crippen LogP contribution is 2.39. The first-order valence-corrected chi connectivity index (χ1v) is 4.51. The second-order valence-corrected chi connectivity index (χ2v) is 3.99. The van der Waals surface area contributed by atoms with Crippen LogP contribution in [0.15, 0.2) is 0 Å². The molecular formula is C9H19NO. The Morgan fingerprint density at radius 1 is 1.64 bits per heavy atom. The molecule has 3 N–H and O–H groups in total. The molecule has 0 saturated heterocycles. The Hall–Kier alpha value is -0.0800. The molecule has 0 aromatic rings. The quantitative estimate of drug-likeness (QED) is 0.645. The van der Waals surface area contributed by atoms with Gasteiger partial charge in [-0.15, -0.1) is 0 Å². The van der Waals surface area contributed by atoms with E-state index in [9.17, 15) is 5.11 Å². The SMILES string of the molecule is CC(CN)C(C)(O)C1CCC1. The van der Waals surface area contributed by atoms with E-state index in [0.29, 0.717) is 12.5 Å². The van der Waals surface area contributed by atoms with Crippen LogP contribution in [0.2, 0.25) is 0 Å². The van der Waals surface area contributed by atoms with Gasteiger partial charge in [-0.2, -0.15) is 0 Å². The number of hydrogen-bond acceptors (Lipinski definition) is 2. The van der Waals surface area contributed by atoms with E-state index in [0.717, 1.165) is 0 Å². The molecule has 1 fully saturated rings. The Labute approximate surface area is 68.8 Å². The van der Waals surface area contributed by atoms with Gasteiger partial charge in [0.25, 0.3) is 0 Å². The summed E-state index contributed by atoms with van der Waals surface area (Å²) in [5, 5.41) is 10.0.